The molecule has 0 aliphatic carbocycles. The first-order valence-electron chi connectivity index (χ1n) is 5.45. The van der Waals surface area contributed by atoms with Gasteiger partial charge >= 0.3 is 0 Å². The lowest BCUT2D eigenvalue weighted by molar-refractivity contribution is 0.0943. The Balaban J connectivity index is 2.79. The van der Waals surface area contributed by atoms with E-state index < -0.39 is 23.1 Å². The van der Waals surface area contributed by atoms with Crippen molar-refractivity contribution in [3.8, 4) is 0 Å². The lowest BCUT2D eigenvalue weighted by Crippen LogP contribution is -2.27. The van der Waals surface area contributed by atoms with E-state index in [4.69, 9.17) is 5.73 Å². The van der Waals surface area contributed by atoms with Crippen molar-refractivity contribution in [1.29, 1.82) is 0 Å². The molecular formula is C12H16F2N2O. The van der Waals surface area contributed by atoms with Crippen LogP contribution in [0.25, 0.3) is 0 Å². The second-order valence-corrected chi connectivity index (χ2v) is 4.26. The molecule has 0 spiro atoms. The van der Waals surface area contributed by atoms with Gasteiger partial charge in [-0.15, -0.1) is 0 Å². The minimum Gasteiger partial charge on any atom is -0.396 e. The monoisotopic (exact) mass is 242 g/mol. The molecule has 3 N–H and O–H groups in total. The third-order valence-electron chi connectivity index (χ3n) is 2.36. The van der Waals surface area contributed by atoms with E-state index in [9.17, 15) is 13.6 Å². The Bertz CT molecular complexity index is 419. The first-order chi connectivity index (χ1) is 7.93. The van der Waals surface area contributed by atoms with Crippen molar-refractivity contribution in [3.63, 3.8) is 0 Å². The number of benzene rings is 1. The lowest BCUT2D eigenvalue weighted by atomic mass is 10.1. The SMILES string of the molecule is CC(C)CCNC(=O)c1c(F)ccc(N)c1F. The van der Waals surface area contributed by atoms with Crippen LogP contribution in [-0.2, 0) is 0 Å². The molecule has 0 radical (unpaired) electrons. The molecule has 0 saturated heterocycles. The summed E-state index contributed by atoms with van der Waals surface area (Å²) in [5.41, 5.74) is 4.43. The molecule has 1 aromatic rings. The highest BCUT2D eigenvalue weighted by atomic mass is 19.1. The van der Waals surface area contributed by atoms with E-state index >= 15 is 0 Å². The summed E-state index contributed by atoms with van der Waals surface area (Å²) in [5.74, 6) is -2.27. The number of anilines is 1. The minimum absolute atomic E-state index is 0.236. The molecule has 1 aromatic carbocycles. The summed E-state index contributed by atoms with van der Waals surface area (Å²) < 4.78 is 26.8. The Kier molecular flexibility index (Phi) is 4.43. The van der Waals surface area contributed by atoms with Crippen molar-refractivity contribution >= 4 is 11.6 Å². The normalized spacial score (nSPS) is 10.6. The average Bonchev–Trinajstić information content (AvgIpc) is 2.23. The Morgan fingerprint density at radius 2 is 2.06 bits per heavy atom. The topological polar surface area (TPSA) is 55.1 Å². The zero-order valence-electron chi connectivity index (χ0n) is 9.89. The third-order valence-corrected chi connectivity index (χ3v) is 2.36. The van der Waals surface area contributed by atoms with Crippen LogP contribution in [0.5, 0.6) is 0 Å². The number of nitrogens with two attached hydrogens (primary N) is 1. The maximum atomic E-state index is 13.5. The fraction of sp³-hybridized carbons (Fsp3) is 0.417. The molecule has 3 nitrogen and oxygen atoms in total. The van der Waals surface area contributed by atoms with Gasteiger partial charge in [0.1, 0.15) is 11.4 Å². The van der Waals surface area contributed by atoms with Gasteiger partial charge in [0.25, 0.3) is 5.91 Å². The summed E-state index contributed by atoms with van der Waals surface area (Å²) in [6.45, 7) is 4.37. The van der Waals surface area contributed by atoms with Gasteiger partial charge < -0.3 is 11.1 Å². The molecule has 0 bridgehead atoms. The highest BCUT2D eigenvalue weighted by molar-refractivity contribution is 5.95. The molecule has 0 heterocycles. The largest absolute Gasteiger partial charge is 0.396 e. The molecule has 0 aromatic heterocycles. The second-order valence-electron chi connectivity index (χ2n) is 4.26. The van der Waals surface area contributed by atoms with Crippen LogP contribution in [0.4, 0.5) is 14.5 Å². The number of amides is 1. The van der Waals surface area contributed by atoms with E-state index in [1.807, 2.05) is 13.8 Å². The average molecular weight is 242 g/mol. The Morgan fingerprint density at radius 1 is 1.41 bits per heavy atom. The van der Waals surface area contributed by atoms with Gasteiger partial charge in [-0.3, -0.25) is 4.79 Å². The number of carbonyl (C=O) groups is 1. The molecule has 0 atom stereocenters. The van der Waals surface area contributed by atoms with Crippen molar-refractivity contribution in [2.75, 3.05) is 12.3 Å². The van der Waals surface area contributed by atoms with Gasteiger partial charge in [-0.2, -0.15) is 0 Å². The smallest absolute Gasteiger partial charge is 0.257 e. The molecule has 1 rings (SSSR count). The van der Waals surface area contributed by atoms with E-state index in [0.717, 1.165) is 18.6 Å². The molecule has 0 fully saturated rings. The van der Waals surface area contributed by atoms with Crippen LogP contribution in [0, 0.1) is 17.6 Å². The number of hydrogen-bond donors (Lipinski definition) is 2. The van der Waals surface area contributed by atoms with Crippen LogP contribution >= 0.6 is 0 Å². The number of halogens is 2. The number of hydrogen-bond acceptors (Lipinski definition) is 2. The molecule has 94 valence electrons. The highest BCUT2D eigenvalue weighted by Gasteiger charge is 2.19. The molecule has 0 aliphatic rings. The van der Waals surface area contributed by atoms with Crippen LogP contribution in [0.15, 0.2) is 12.1 Å². The number of rotatable bonds is 4. The Labute approximate surface area is 99.0 Å². The molecule has 0 aliphatic heterocycles. The fourth-order valence-electron chi connectivity index (χ4n) is 1.34. The van der Waals surface area contributed by atoms with Crippen LogP contribution in [-0.4, -0.2) is 12.5 Å². The number of carbonyl (C=O) groups excluding carboxylic acids is 1. The van der Waals surface area contributed by atoms with E-state index in [2.05, 4.69) is 5.32 Å². The van der Waals surface area contributed by atoms with Gasteiger partial charge in [-0.1, -0.05) is 13.8 Å². The van der Waals surface area contributed by atoms with Gasteiger partial charge in [0.05, 0.1) is 5.69 Å². The third kappa shape index (κ3) is 3.41. The quantitative estimate of drug-likeness (QED) is 0.796. The van der Waals surface area contributed by atoms with Crippen LogP contribution in [0.1, 0.15) is 30.6 Å². The molecule has 5 heteroatoms. The summed E-state index contributed by atoms with van der Waals surface area (Å²) in [7, 11) is 0. The molecule has 17 heavy (non-hydrogen) atoms. The lowest BCUT2D eigenvalue weighted by Gasteiger charge is -2.09. The maximum absolute atomic E-state index is 13.5. The number of nitrogen functional groups attached to an aromatic ring is 1. The summed E-state index contributed by atoms with van der Waals surface area (Å²) in [6.07, 6.45) is 0.747. The molecule has 0 unspecified atom stereocenters. The van der Waals surface area contributed by atoms with Gasteiger partial charge in [-0.05, 0) is 24.5 Å². The first kappa shape index (κ1) is 13.4. The summed E-state index contributed by atoms with van der Waals surface area (Å²) >= 11 is 0. The van der Waals surface area contributed by atoms with Crippen LogP contribution < -0.4 is 11.1 Å². The van der Waals surface area contributed by atoms with Crippen molar-refractivity contribution in [3.05, 3.63) is 29.3 Å². The Hall–Kier alpha value is -1.65. The Morgan fingerprint density at radius 3 is 2.65 bits per heavy atom. The summed E-state index contributed by atoms with van der Waals surface area (Å²) in [4.78, 5) is 11.6. The minimum atomic E-state index is -1.01. The predicted octanol–water partition coefficient (Wildman–Crippen LogP) is 2.32. The highest BCUT2D eigenvalue weighted by Crippen LogP contribution is 2.18. The zero-order chi connectivity index (χ0) is 13.0. The molecule has 1 amide bonds. The predicted molar refractivity (Wildman–Crippen MR) is 62.6 cm³/mol. The van der Waals surface area contributed by atoms with E-state index in [0.29, 0.717) is 12.5 Å². The second kappa shape index (κ2) is 5.61. The summed E-state index contributed by atoms with van der Waals surface area (Å²) in [6, 6.07) is 2.07. The standard InChI is InChI=1S/C12H16F2N2O/c1-7(2)5-6-16-12(17)10-8(13)3-4-9(15)11(10)14/h3-4,7H,5-6,15H2,1-2H3,(H,16,17). The van der Waals surface area contributed by atoms with E-state index in [1.165, 1.54) is 0 Å². The fourth-order valence-corrected chi connectivity index (χ4v) is 1.34. The molecule has 0 saturated carbocycles. The van der Waals surface area contributed by atoms with E-state index in [1.54, 1.807) is 0 Å². The van der Waals surface area contributed by atoms with Gasteiger partial charge in [0.15, 0.2) is 5.82 Å². The zero-order valence-corrected chi connectivity index (χ0v) is 9.89. The van der Waals surface area contributed by atoms with Gasteiger partial charge in [0.2, 0.25) is 0 Å². The molecular weight excluding hydrogens is 226 g/mol. The number of nitrogens with one attached hydrogen (secondary N) is 1. The van der Waals surface area contributed by atoms with Crippen molar-refractivity contribution in [2.45, 2.75) is 20.3 Å². The van der Waals surface area contributed by atoms with Crippen molar-refractivity contribution in [2.24, 2.45) is 5.92 Å². The van der Waals surface area contributed by atoms with E-state index in [-0.39, 0.29) is 5.69 Å². The van der Waals surface area contributed by atoms with Crippen LogP contribution in [0.2, 0.25) is 0 Å². The van der Waals surface area contributed by atoms with Crippen LogP contribution in [0.3, 0.4) is 0 Å². The van der Waals surface area contributed by atoms with Crippen molar-refractivity contribution < 1.29 is 13.6 Å². The first-order valence-corrected chi connectivity index (χ1v) is 5.45. The van der Waals surface area contributed by atoms with Gasteiger partial charge in [0, 0.05) is 6.54 Å². The van der Waals surface area contributed by atoms with Gasteiger partial charge in [-0.25, -0.2) is 8.78 Å². The van der Waals surface area contributed by atoms with Crippen molar-refractivity contribution in [1.82, 2.24) is 5.32 Å². The summed E-state index contributed by atoms with van der Waals surface area (Å²) in [5, 5.41) is 2.46. The maximum Gasteiger partial charge on any atom is 0.257 e.